The van der Waals surface area contributed by atoms with Crippen LogP contribution in [0.4, 0.5) is 0 Å². The summed E-state index contributed by atoms with van der Waals surface area (Å²) in [5, 5.41) is 0. The van der Waals surface area contributed by atoms with Gasteiger partial charge in [-0.05, 0) is 13.3 Å². The van der Waals surface area contributed by atoms with E-state index in [4.69, 9.17) is 0 Å². The minimum absolute atomic E-state index is 0.00960. The largest absolute Gasteiger partial charge is 0.468 e. The van der Waals surface area contributed by atoms with E-state index in [1.54, 1.807) is 4.90 Å². The first-order valence-corrected chi connectivity index (χ1v) is 6.66. The van der Waals surface area contributed by atoms with Crippen LogP contribution in [0.15, 0.2) is 0 Å². The number of carbonyl (C=O) groups is 3. The lowest BCUT2D eigenvalue weighted by Gasteiger charge is -2.23. The first-order chi connectivity index (χ1) is 9.03. The maximum Gasteiger partial charge on any atom is 0.325 e. The van der Waals surface area contributed by atoms with Crippen LogP contribution < -0.4 is 0 Å². The molecule has 1 unspecified atom stereocenters. The van der Waals surface area contributed by atoms with Crippen molar-refractivity contribution in [1.82, 2.24) is 9.80 Å². The third-order valence-electron chi connectivity index (χ3n) is 3.30. The summed E-state index contributed by atoms with van der Waals surface area (Å²) >= 11 is 0. The van der Waals surface area contributed by atoms with Crippen LogP contribution in [0.3, 0.4) is 0 Å². The average Bonchev–Trinajstić information content (AvgIpc) is 2.78. The molecule has 2 amide bonds. The molecule has 6 nitrogen and oxygen atoms in total. The van der Waals surface area contributed by atoms with E-state index in [1.807, 2.05) is 13.8 Å². The van der Waals surface area contributed by atoms with Crippen molar-refractivity contribution in [3.05, 3.63) is 0 Å². The van der Waals surface area contributed by atoms with Gasteiger partial charge in [0.25, 0.3) is 0 Å². The SMILES string of the molecule is CCCN(CC(=O)OC)C(=O)C1CC(=O)N(CC)C1. The number of hydrogen-bond acceptors (Lipinski definition) is 4. The van der Waals surface area contributed by atoms with E-state index in [2.05, 4.69) is 4.74 Å². The molecule has 1 aliphatic heterocycles. The topological polar surface area (TPSA) is 66.9 Å². The van der Waals surface area contributed by atoms with Gasteiger partial charge in [0.05, 0.1) is 13.0 Å². The quantitative estimate of drug-likeness (QED) is 0.650. The number of methoxy groups -OCH3 is 1. The minimum atomic E-state index is -0.432. The summed E-state index contributed by atoms with van der Waals surface area (Å²) in [6, 6.07) is 0. The zero-order chi connectivity index (χ0) is 14.4. The monoisotopic (exact) mass is 270 g/mol. The summed E-state index contributed by atoms with van der Waals surface area (Å²) in [4.78, 5) is 38.4. The van der Waals surface area contributed by atoms with Crippen LogP contribution in [0, 0.1) is 5.92 Å². The van der Waals surface area contributed by atoms with Crippen LogP contribution in [0.25, 0.3) is 0 Å². The number of carbonyl (C=O) groups excluding carboxylic acids is 3. The Morgan fingerprint density at radius 1 is 1.42 bits per heavy atom. The van der Waals surface area contributed by atoms with Gasteiger partial charge in [-0.15, -0.1) is 0 Å². The molecule has 0 aromatic carbocycles. The highest BCUT2D eigenvalue weighted by molar-refractivity contribution is 5.90. The molecular weight excluding hydrogens is 248 g/mol. The lowest BCUT2D eigenvalue weighted by atomic mass is 10.1. The second kappa shape index (κ2) is 7.11. The summed E-state index contributed by atoms with van der Waals surface area (Å²) in [7, 11) is 1.30. The van der Waals surface area contributed by atoms with E-state index < -0.39 is 5.97 Å². The van der Waals surface area contributed by atoms with Crippen molar-refractivity contribution >= 4 is 17.8 Å². The maximum atomic E-state index is 12.3. The number of likely N-dealkylation sites (tertiary alicyclic amines) is 1. The summed E-state index contributed by atoms with van der Waals surface area (Å²) in [6.45, 7) is 5.37. The van der Waals surface area contributed by atoms with Gasteiger partial charge < -0.3 is 14.5 Å². The zero-order valence-corrected chi connectivity index (χ0v) is 11.8. The number of esters is 1. The van der Waals surface area contributed by atoms with Gasteiger partial charge in [-0.1, -0.05) is 6.92 Å². The second-order valence-corrected chi connectivity index (χ2v) is 4.67. The molecule has 0 aliphatic carbocycles. The molecule has 0 radical (unpaired) electrons. The molecule has 1 atom stereocenters. The van der Waals surface area contributed by atoms with E-state index in [9.17, 15) is 14.4 Å². The number of amides is 2. The molecule has 1 heterocycles. The Hall–Kier alpha value is -1.59. The highest BCUT2D eigenvalue weighted by Gasteiger charge is 2.36. The smallest absolute Gasteiger partial charge is 0.325 e. The van der Waals surface area contributed by atoms with Gasteiger partial charge in [-0.25, -0.2) is 0 Å². The Morgan fingerprint density at radius 2 is 2.11 bits per heavy atom. The molecule has 0 aromatic rings. The average molecular weight is 270 g/mol. The molecule has 0 bridgehead atoms. The van der Waals surface area contributed by atoms with Crippen LogP contribution in [-0.4, -0.2) is 60.9 Å². The van der Waals surface area contributed by atoms with Crippen molar-refractivity contribution < 1.29 is 19.1 Å². The molecular formula is C13H22N2O4. The van der Waals surface area contributed by atoms with Gasteiger partial charge in [0, 0.05) is 26.1 Å². The van der Waals surface area contributed by atoms with Crippen LogP contribution in [0.2, 0.25) is 0 Å². The third-order valence-corrected chi connectivity index (χ3v) is 3.30. The Morgan fingerprint density at radius 3 is 2.58 bits per heavy atom. The lowest BCUT2D eigenvalue weighted by molar-refractivity contribution is -0.148. The van der Waals surface area contributed by atoms with Crippen LogP contribution in [-0.2, 0) is 19.1 Å². The van der Waals surface area contributed by atoms with Crippen molar-refractivity contribution in [2.24, 2.45) is 5.92 Å². The summed E-state index contributed by atoms with van der Waals surface area (Å²) in [5.41, 5.74) is 0. The van der Waals surface area contributed by atoms with E-state index in [-0.39, 0.29) is 30.7 Å². The van der Waals surface area contributed by atoms with Crippen LogP contribution >= 0.6 is 0 Å². The van der Waals surface area contributed by atoms with Crippen molar-refractivity contribution in [1.29, 1.82) is 0 Å². The number of nitrogens with zero attached hydrogens (tertiary/aromatic N) is 2. The fraction of sp³-hybridized carbons (Fsp3) is 0.769. The Kier molecular flexibility index (Phi) is 5.79. The predicted octanol–water partition coefficient (Wildman–Crippen LogP) is 0.266. The molecule has 6 heteroatoms. The second-order valence-electron chi connectivity index (χ2n) is 4.67. The van der Waals surface area contributed by atoms with Crippen LogP contribution in [0.1, 0.15) is 26.7 Å². The fourth-order valence-electron chi connectivity index (χ4n) is 2.26. The number of rotatable bonds is 6. The Bertz CT molecular complexity index is 357. The fourth-order valence-corrected chi connectivity index (χ4v) is 2.26. The van der Waals surface area contributed by atoms with E-state index in [1.165, 1.54) is 12.0 Å². The van der Waals surface area contributed by atoms with E-state index in [0.29, 0.717) is 19.6 Å². The molecule has 1 fully saturated rings. The van der Waals surface area contributed by atoms with E-state index >= 15 is 0 Å². The number of ether oxygens (including phenoxy) is 1. The van der Waals surface area contributed by atoms with Gasteiger partial charge >= 0.3 is 5.97 Å². The molecule has 0 spiro atoms. The normalized spacial score (nSPS) is 18.6. The summed E-state index contributed by atoms with van der Waals surface area (Å²) < 4.78 is 4.59. The maximum absolute atomic E-state index is 12.3. The van der Waals surface area contributed by atoms with Crippen LogP contribution in [0.5, 0.6) is 0 Å². The van der Waals surface area contributed by atoms with Crippen molar-refractivity contribution in [2.45, 2.75) is 26.7 Å². The lowest BCUT2D eigenvalue weighted by Crippen LogP contribution is -2.41. The van der Waals surface area contributed by atoms with Gasteiger partial charge in [-0.3, -0.25) is 14.4 Å². The molecule has 19 heavy (non-hydrogen) atoms. The van der Waals surface area contributed by atoms with Crippen molar-refractivity contribution in [2.75, 3.05) is 33.3 Å². The molecule has 1 saturated heterocycles. The summed E-state index contributed by atoms with van der Waals surface area (Å²) in [6.07, 6.45) is 1.01. The standard InChI is InChI=1S/C13H22N2O4/c1-4-6-15(9-12(17)19-3)13(18)10-7-11(16)14(5-2)8-10/h10H,4-9H2,1-3H3. The van der Waals surface area contributed by atoms with Crippen molar-refractivity contribution in [3.8, 4) is 0 Å². The minimum Gasteiger partial charge on any atom is -0.468 e. The molecule has 108 valence electrons. The highest BCUT2D eigenvalue weighted by Crippen LogP contribution is 2.20. The molecule has 0 N–H and O–H groups in total. The van der Waals surface area contributed by atoms with Crippen molar-refractivity contribution in [3.63, 3.8) is 0 Å². The van der Waals surface area contributed by atoms with Gasteiger partial charge in [0.1, 0.15) is 6.54 Å². The predicted molar refractivity (Wildman–Crippen MR) is 69.2 cm³/mol. The molecule has 0 aromatic heterocycles. The molecule has 1 rings (SSSR count). The van der Waals surface area contributed by atoms with E-state index in [0.717, 1.165) is 6.42 Å². The Balaban J connectivity index is 2.66. The third kappa shape index (κ3) is 3.94. The highest BCUT2D eigenvalue weighted by atomic mass is 16.5. The van der Waals surface area contributed by atoms with Gasteiger partial charge in [0.15, 0.2) is 0 Å². The number of hydrogen-bond donors (Lipinski definition) is 0. The van der Waals surface area contributed by atoms with Gasteiger partial charge in [0.2, 0.25) is 11.8 Å². The zero-order valence-electron chi connectivity index (χ0n) is 11.8. The molecule has 0 saturated carbocycles. The molecule has 1 aliphatic rings. The first kappa shape index (κ1) is 15.5. The summed E-state index contributed by atoms with van der Waals surface area (Å²) in [5.74, 6) is -0.881. The Labute approximate surface area is 113 Å². The van der Waals surface area contributed by atoms with Gasteiger partial charge in [-0.2, -0.15) is 0 Å². The first-order valence-electron chi connectivity index (χ1n) is 6.66.